The molecule has 0 aliphatic heterocycles. The Bertz CT molecular complexity index is 831. The lowest BCUT2D eigenvalue weighted by Gasteiger charge is -2.09. The summed E-state index contributed by atoms with van der Waals surface area (Å²) in [4.78, 5) is 12.0. The van der Waals surface area contributed by atoms with Gasteiger partial charge in [-0.1, -0.05) is 30.3 Å². The van der Waals surface area contributed by atoms with E-state index in [-0.39, 0.29) is 6.03 Å². The predicted octanol–water partition coefficient (Wildman–Crippen LogP) is 4.81. The summed E-state index contributed by atoms with van der Waals surface area (Å²) >= 11 is 0. The van der Waals surface area contributed by atoms with E-state index in [2.05, 4.69) is 10.6 Å². The molecule has 0 fully saturated rings. The van der Waals surface area contributed by atoms with Crippen molar-refractivity contribution in [2.75, 3.05) is 12.4 Å². The Labute approximate surface area is 152 Å². The summed E-state index contributed by atoms with van der Waals surface area (Å²) in [6.07, 6.45) is 0. The topological polar surface area (TPSA) is 59.6 Å². The van der Waals surface area contributed by atoms with Crippen molar-refractivity contribution >= 4 is 11.7 Å². The smallest absolute Gasteiger partial charge is 0.319 e. The Kier molecular flexibility index (Phi) is 5.72. The molecule has 0 spiro atoms. The minimum atomic E-state index is -0.266. The SMILES string of the molecule is COc1ccc(CNC(=O)Nc2ccc(Oc3ccccc3)cc2)cc1. The van der Waals surface area contributed by atoms with Gasteiger partial charge < -0.3 is 20.1 Å². The van der Waals surface area contributed by atoms with Crippen LogP contribution in [-0.4, -0.2) is 13.1 Å². The molecule has 2 amide bonds. The van der Waals surface area contributed by atoms with E-state index in [9.17, 15) is 4.79 Å². The second-order valence-electron chi connectivity index (χ2n) is 5.60. The fourth-order valence-corrected chi connectivity index (χ4v) is 2.33. The number of methoxy groups -OCH3 is 1. The van der Waals surface area contributed by atoms with Gasteiger partial charge in [-0.2, -0.15) is 0 Å². The van der Waals surface area contributed by atoms with E-state index in [1.165, 1.54) is 0 Å². The number of rotatable bonds is 6. The first-order valence-electron chi connectivity index (χ1n) is 8.24. The van der Waals surface area contributed by atoms with Crippen LogP contribution in [0.3, 0.4) is 0 Å². The van der Waals surface area contributed by atoms with Crippen LogP contribution < -0.4 is 20.1 Å². The first kappa shape index (κ1) is 17.4. The Morgan fingerprint density at radius 3 is 2.08 bits per heavy atom. The molecule has 3 aromatic rings. The van der Waals surface area contributed by atoms with Crippen LogP contribution in [0.15, 0.2) is 78.9 Å². The first-order valence-corrected chi connectivity index (χ1v) is 8.24. The molecule has 0 aliphatic carbocycles. The van der Waals surface area contributed by atoms with Crippen molar-refractivity contribution in [2.45, 2.75) is 6.54 Å². The maximum atomic E-state index is 12.0. The number of benzene rings is 3. The van der Waals surface area contributed by atoms with Gasteiger partial charge in [0.15, 0.2) is 0 Å². The highest BCUT2D eigenvalue weighted by atomic mass is 16.5. The lowest BCUT2D eigenvalue weighted by atomic mass is 10.2. The van der Waals surface area contributed by atoms with Crippen molar-refractivity contribution < 1.29 is 14.3 Å². The predicted molar refractivity (Wildman–Crippen MR) is 102 cm³/mol. The number of para-hydroxylation sites is 1. The largest absolute Gasteiger partial charge is 0.497 e. The van der Waals surface area contributed by atoms with E-state index in [0.717, 1.165) is 17.1 Å². The molecule has 0 bridgehead atoms. The lowest BCUT2D eigenvalue weighted by Crippen LogP contribution is -2.28. The van der Waals surface area contributed by atoms with Crippen LogP contribution in [0, 0.1) is 0 Å². The monoisotopic (exact) mass is 348 g/mol. The van der Waals surface area contributed by atoms with Crippen molar-refractivity contribution in [1.29, 1.82) is 0 Å². The van der Waals surface area contributed by atoms with Crippen LogP contribution >= 0.6 is 0 Å². The molecule has 132 valence electrons. The zero-order valence-corrected chi connectivity index (χ0v) is 14.4. The number of anilines is 1. The Balaban J connectivity index is 1.49. The minimum absolute atomic E-state index is 0.266. The number of hydrogen-bond donors (Lipinski definition) is 2. The summed E-state index contributed by atoms with van der Waals surface area (Å²) < 4.78 is 10.8. The van der Waals surface area contributed by atoms with Gasteiger partial charge in [0.2, 0.25) is 0 Å². The van der Waals surface area contributed by atoms with Gasteiger partial charge in [-0.3, -0.25) is 0 Å². The molecule has 3 rings (SSSR count). The van der Waals surface area contributed by atoms with Gasteiger partial charge in [0.25, 0.3) is 0 Å². The molecule has 0 radical (unpaired) electrons. The number of hydrogen-bond acceptors (Lipinski definition) is 3. The summed E-state index contributed by atoms with van der Waals surface area (Å²) in [5, 5.41) is 5.61. The highest BCUT2D eigenvalue weighted by Crippen LogP contribution is 2.22. The fraction of sp³-hybridized carbons (Fsp3) is 0.0952. The molecule has 0 heterocycles. The van der Waals surface area contributed by atoms with Crippen LogP contribution in [0.1, 0.15) is 5.56 Å². The third-order valence-corrected chi connectivity index (χ3v) is 3.70. The van der Waals surface area contributed by atoms with Gasteiger partial charge >= 0.3 is 6.03 Å². The number of carbonyl (C=O) groups is 1. The van der Waals surface area contributed by atoms with Crippen molar-refractivity contribution in [2.24, 2.45) is 0 Å². The summed E-state index contributed by atoms with van der Waals surface area (Å²) in [5.74, 6) is 2.27. The Morgan fingerprint density at radius 2 is 1.42 bits per heavy atom. The molecular formula is C21H20N2O3. The van der Waals surface area contributed by atoms with Gasteiger partial charge in [0.1, 0.15) is 17.2 Å². The van der Waals surface area contributed by atoms with Gasteiger partial charge in [0, 0.05) is 12.2 Å². The number of carbonyl (C=O) groups excluding carboxylic acids is 1. The third kappa shape index (κ3) is 5.01. The molecule has 3 aromatic carbocycles. The van der Waals surface area contributed by atoms with Crippen molar-refractivity contribution in [3.63, 3.8) is 0 Å². The van der Waals surface area contributed by atoms with Gasteiger partial charge in [0.05, 0.1) is 7.11 Å². The van der Waals surface area contributed by atoms with E-state index in [1.54, 1.807) is 19.2 Å². The van der Waals surface area contributed by atoms with Gasteiger partial charge in [-0.05, 0) is 54.1 Å². The van der Waals surface area contributed by atoms with Crippen LogP contribution in [0.5, 0.6) is 17.2 Å². The Morgan fingerprint density at radius 1 is 0.808 bits per heavy atom. The van der Waals surface area contributed by atoms with E-state index in [1.807, 2.05) is 66.7 Å². The normalized spacial score (nSPS) is 10.0. The summed E-state index contributed by atoms with van der Waals surface area (Å²) in [6.45, 7) is 0.436. The van der Waals surface area contributed by atoms with E-state index in [0.29, 0.717) is 18.0 Å². The zero-order valence-electron chi connectivity index (χ0n) is 14.4. The standard InChI is InChI=1S/C21H20N2O3/c1-25-18-11-7-16(8-12-18)15-22-21(24)23-17-9-13-20(14-10-17)26-19-5-3-2-4-6-19/h2-14H,15H2,1H3,(H2,22,23,24). The number of ether oxygens (including phenoxy) is 2. The fourth-order valence-electron chi connectivity index (χ4n) is 2.33. The minimum Gasteiger partial charge on any atom is -0.497 e. The summed E-state index contributed by atoms with van der Waals surface area (Å²) in [5.41, 5.74) is 1.69. The van der Waals surface area contributed by atoms with E-state index < -0.39 is 0 Å². The molecule has 0 unspecified atom stereocenters. The number of nitrogens with one attached hydrogen (secondary N) is 2. The van der Waals surface area contributed by atoms with Crippen molar-refractivity contribution in [3.8, 4) is 17.2 Å². The molecule has 2 N–H and O–H groups in total. The maximum Gasteiger partial charge on any atom is 0.319 e. The summed E-state index contributed by atoms with van der Waals surface area (Å²) in [6, 6.07) is 24.0. The third-order valence-electron chi connectivity index (χ3n) is 3.70. The highest BCUT2D eigenvalue weighted by Gasteiger charge is 2.03. The quantitative estimate of drug-likeness (QED) is 0.672. The maximum absolute atomic E-state index is 12.0. The molecule has 26 heavy (non-hydrogen) atoms. The lowest BCUT2D eigenvalue weighted by molar-refractivity contribution is 0.251. The molecule has 0 aromatic heterocycles. The molecule has 5 nitrogen and oxygen atoms in total. The summed E-state index contributed by atoms with van der Waals surface area (Å²) in [7, 11) is 1.62. The van der Waals surface area contributed by atoms with Gasteiger partial charge in [-0.25, -0.2) is 4.79 Å². The van der Waals surface area contributed by atoms with Crippen molar-refractivity contribution in [3.05, 3.63) is 84.4 Å². The average molecular weight is 348 g/mol. The van der Waals surface area contributed by atoms with Crippen LogP contribution in [-0.2, 0) is 6.54 Å². The molecule has 5 heteroatoms. The molecule has 0 aliphatic rings. The van der Waals surface area contributed by atoms with Gasteiger partial charge in [-0.15, -0.1) is 0 Å². The first-order chi connectivity index (χ1) is 12.7. The van der Waals surface area contributed by atoms with E-state index in [4.69, 9.17) is 9.47 Å². The van der Waals surface area contributed by atoms with Crippen molar-refractivity contribution in [1.82, 2.24) is 5.32 Å². The molecular weight excluding hydrogens is 328 g/mol. The van der Waals surface area contributed by atoms with Crippen LogP contribution in [0.25, 0.3) is 0 Å². The number of urea groups is 1. The Hall–Kier alpha value is -3.47. The second-order valence-corrected chi connectivity index (χ2v) is 5.60. The van der Waals surface area contributed by atoms with E-state index >= 15 is 0 Å². The average Bonchev–Trinajstić information content (AvgIpc) is 2.69. The highest BCUT2D eigenvalue weighted by molar-refractivity contribution is 5.89. The second kappa shape index (κ2) is 8.58. The van der Waals surface area contributed by atoms with Crippen LogP contribution in [0.4, 0.5) is 10.5 Å². The number of amides is 2. The van der Waals surface area contributed by atoms with Crippen LogP contribution in [0.2, 0.25) is 0 Å². The molecule has 0 saturated carbocycles. The zero-order chi connectivity index (χ0) is 18.2. The molecule has 0 saturated heterocycles. The molecule has 0 atom stereocenters.